The van der Waals surface area contributed by atoms with E-state index in [1.54, 1.807) is 20.8 Å². The van der Waals surface area contributed by atoms with Gasteiger partial charge in [0.15, 0.2) is 0 Å². The second kappa shape index (κ2) is 8.78. The van der Waals surface area contributed by atoms with Gasteiger partial charge in [0, 0.05) is 6.42 Å². The average molecular weight is 485 g/mol. The molecule has 2 aromatic heterocycles. The number of hydrogen-bond donors (Lipinski definition) is 0. The standard InChI is InChI=1S/C18H18BrFN4O6/c1-18(2,3)28-13(25)5-4-8-27-16-14(21-30-23-16)15-22-29-17(26)24(15)10-6-7-12(20)11(19)9-10/h6-7,9H,4-5,8H2,1-3H3. The zero-order valence-corrected chi connectivity index (χ0v) is 17.9. The Labute approximate surface area is 178 Å². The highest BCUT2D eigenvalue weighted by atomic mass is 79.9. The van der Waals surface area contributed by atoms with Crippen LogP contribution in [0.15, 0.2) is 36.6 Å². The average Bonchev–Trinajstić information content (AvgIpc) is 3.26. The molecule has 2 heterocycles. The van der Waals surface area contributed by atoms with Gasteiger partial charge in [-0.3, -0.25) is 9.32 Å². The van der Waals surface area contributed by atoms with Crippen molar-refractivity contribution in [2.45, 2.75) is 39.2 Å². The molecular weight excluding hydrogens is 467 g/mol. The summed E-state index contributed by atoms with van der Waals surface area (Å²) in [5.74, 6) is -1.74. The van der Waals surface area contributed by atoms with Crippen molar-refractivity contribution in [1.82, 2.24) is 20.0 Å². The Balaban J connectivity index is 1.74. The third-order valence-corrected chi connectivity index (χ3v) is 4.23. The Morgan fingerprint density at radius 3 is 2.73 bits per heavy atom. The second-order valence-electron chi connectivity index (χ2n) is 7.16. The van der Waals surface area contributed by atoms with Crippen molar-refractivity contribution in [3.05, 3.63) is 39.0 Å². The molecule has 0 saturated heterocycles. The zero-order valence-electron chi connectivity index (χ0n) is 16.3. The van der Waals surface area contributed by atoms with Crippen LogP contribution in [0.2, 0.25) is 0 Å². The van der Waals surface area contributed by atoms with Gasteiger partial charge in [0.2, 0.25) is 11.5 Å². The lowest BCUT2D eigenvalue weighted by Gasteiger charge is -2.19. The largest absolute Gasteiger partial charge is 0.474 e. The van der Waals surface area contributed by atoms with Gasteiger partial charge in [-0.15, -0.1) is 0 Å². The fourth-order valence-corrected chi connectivity index (χ4v) is 2.81. The van der Waals surface area contributed by atoms with Gasteiger partial charge in [-0.2, -0.15) is 0 Å². The molecule has 0 aliphatic carbocycles. The van der Waals surface area contributed by atoms with E-state index in [4.69, 9.17) is 18.6 Å². The highest BCUT2D eigenvalue weighted by Crippen LogP contribution is 2.27. The number of carbonyl (C=O) groups is 1. The van der Waals surface area contributed by atoms with Crippen molar-refractivity contribution >= 4 is 21.9 Å². The predicted octanol–water partition coefficient (Wildman–Crippen LogP) is 3.28. The molecule has 1 aromatic carbocycles. The highest BCUT2D eigenvalue weighted by Gasteiger charge is 2.24. The maximum absolute atomic E-state index is 13.5. The minimum absolute atomic E-state index is 0.0126. The summed E-state index contributed by atoms with van der Waals surface area (Å²) >= 11 is 3.07. The molecule has 30 heavy (non-hydrogen) atoms. The van der Waals surface area contributed by atoms with Crippen molar-refractivity contribution < 1.29 is 27.8 Å². The van der Waals surface area contributed by atoms with Gasteiger partial charge in [-0.05, 0) is 71.6 Å². The lowest BCUT2D eigenvalue weighted by Crippen LogP contribution is -2.24. The maximum atomic E-state index is 13.5. The lowest BCUT2D eigenvalue weighted by molar-refractivity contribution is -0.155. The van der Waals surface area contributed by atoms with Crippen LogP contribution < -0.4 is 10.5 Å². The molecule has 0 spiro atoms. The Morgan fingerprint density at radius 2 is 2.03 bits per heavy atom. The second-order valence-corrected chi connectivity index (χ2v) is 8.02. The minimum atomic E-state index is -0.817. The zero-order chi connectivity index (χ0) is 21.9. The molecule has 3 aromatic rings. The molecular formula is C18H18BrFN4O6. The van der Waals surface area contributed by atoms with Crippen molar-refractivity contribution in [2.75, 3.05) is 6.61 Å². The summed E-state index contributed by atoms with van der Waals surface area (Å²) in [7, 11) is 0. The molecule has 3 rings (SSSR count). The summed E-state index contributed by atoms with van der Waals surface area (Å²) in [4.78, 5) is 23.9. The van der Waals surface area contributed by atoms with Crippen molar-refractivity contribution in [3.63, 3.8) is 0 Å². The molecule has 0 saturated carbocycles. The number of benzene rings is 1. The van der Waals surface area contributed by atoms with E-state index in [9.17, 15) is 14.0 Å². The van der Waals surface area contributed by atoms with Crippen molar-refractivity contribution in [1.29, 1.82) is 0 Å². The van der Waals surface area contributed by atoms with E-state index in [-0.39, 0.29) is 46.6 Å². The van der Waals surface area contributed by atoms with E-state index < -0.39 is 17.2 Å². The maximum Gasteiger partial charge on any atom is 0.446 e. The first-order valence-electron chi connectivity index (χ1n) is 8.87. The van der Waals surface area contributed by atoms with Crippen molar-refractivity contribution in [2.24, 2.45) is 0 Å². The summed E-state index contributed by atoms with van der Waals surface area (Å²) < 4.78 is 34.9. The first-order chi connectivity index (χ1) is 14.2. The molecule has 0 N–H and O–H groups in total. The number of rotatable bonds is 7. The van der Waals surface area contributed by atoms with E-state index in [2.05, 4.69) is 31.4 Å². The number of carbonyl (C=O) groups excluding carboxylic acids is 1. The van der Waals surface area contributed by atoms with Gasteiger partial charge in [0.25, 0.3) is 5.88 Å². The number of hydrogen-bond acceptors (Lipinski definition) is 9. The summed E-state index contributed by atoms with van der Waals surface area (Å²) in [5, 5.41) is 11.1. The fourth-order valence-electron chi connectivity index (χ4n) is 2.44. The number of ether oxygens (including phenoxy) is 2. The topological polar surface area (TPSA) is 122 Å². The predicted molar refractivity (Wildman–Crippen MR) is 104 cm³/mol. The summed E-state index contributed by atoms with van der Waals surface area (Å²) in [6.45, 7) is 5.47. The summed E-state index contributed by atoms with van der Waals surface area (Å²) in [5.41, 5.74) is -0.269. The minimum Gasteiger partial charge on any atom is -0.474 e. The van der Waals surface area contributed by atoms with Gasteiger partial charge in [0.1, 0.15) is 11.4 Å². The third kappa shape index (κ3) is 5.12. The van der Waals surface area contributed by atoms with Gasteiger partial charge >= 0.3 is 11.7 Å². The van der Waals surface area contributed by atoms with Crippen LogP contribution >= 0.6 is 15.9 Å². The molecule has 0 bridgehead atoms. The van der Waals surface area contributed by atoms with Crippen LogP contribution in [0.1, 0.15) is 33.6 Å². The number of halogens is 2. The van der Waals surface area contributed by atoms with Crippen LogP contribution in [-0.2, 0) is 9.53 Å². The molecule has 0 aliphatic rings. The fraction of sp³-hybridized carbons (Fsp3) is 0.389. The van der Waals surface area contributed by atoms with Crippen LogP contribution in [-0.4, -0.2) is 38.2 Å². The quantitative estimate of drug-likeness (QED) is 0.367. The first-order valence-corrected chi connectivity index (χ1v) is 9.67. The molecule has 0 aliphatic heterocycles. The van der Waals surface area contributed by atoms with Gasteiger partial charge in [-0.25, -0.2) is 18.4 Å². The van der Waals surface area contributed by atoms with Crippen LogP contribution in [0.25, 0.3) is 17.2 Å². The number of nitrogens with zero attached hydrogens (tertiary/aromatic N) is 4. The molecule has 0 amide bonds. The number of esters is 1. The monoisotopic (exact) mass is 484 g/mol. The van der Waals surface area contributed by atoms with Crippen LogP contribution in [0, 0.1) is 5.82 Å². The first kappa shape index (κ1) is 21.7. The molecule has 0 radical (unpaired) electrons. The van der Waals surface area contributed by atoms with Crippen LogP contribution in [0.5, 0.6) is 5.88 Å². The molecule has 12 heteroatoms. The molecule has 0 unspecified atom stereocenters. The SMILES string of the molecule is CC(C)(C)OC(=O)CCCOc1nonc1-c1noc(=O)n1-c1ccc(F)c(Br)c1. The van der Waals surface area contributed by atoms with E-state index in [1.165, 1.54) is 18.2 Å². The normalized spacial score (nSPS) is 11.5. The summed E-state index contributed by atoms with van der Waals surface area (Å²) in [6, 6.07) is 3.93. The van der Waals surface area contributed by atoms with Gasteiger partial charge < -0.3 is 9.47 Å². The van der Waals surface area contributed by atoms with Crippen molar-refractivity contribution in [3.8, 4) is 23.1 Å². The van der Waals surface area contributed by atoms with E-state index in [0.29, 0.717) is 6.42 Å². The van der Waals surface area contributed by atoms with Crippen LogP contribution in [0.3, 0.4) is 0 Å². The lowest BCUT2D eigenvalue weighted by atomic mass is 10.2. The third-order valence-electron chi connectivity index (χ3n) is 3.62. The summed E-state index contributed by atoms with van der Waals surface area (Å²) in [6.07, 6.45) is 0.508. The van der Waals surface area contributed by atoms with Gasteiger partial charge in [-0.1, -0.05) is 5.16 Å². The molecule has 0 fully saturated rings. The van der Waals surface area contributed by atoms with Crippen LogP contribution in [0.4, 0.5) is 4.39 Å². The van der Waals surface area contributed by atoms with E-state index >= 15 is 0 Å². The Kier molecular flexibility index (Phi) is 6.34. The Bertz CT molecular complexity index is 1100. The smallest absolute Gasteiger partial charge is 0.446 e. The molecule has 10 nitrogen and oxygen atoms in total. The Morgan fingerprint density at radius 1 is 1.27 bits per heavy atom. The van der Waals surface area contributed by atoms with Gasteiger partial charge in [0.05, 0.1) is 16.8 Å². The Hall–Kier alpha value is -3.02. The van der Waals surface area contributed by atoms with E-state index in [1.807, 2.05) is 0 Å². The number of aromatic nitrogens is 4. The molecule has 160 valence electrons. The van der Waals surface area contributed by atoms with E-state index in [0.717, 1.165) is 4.57 Å². The highest BCUT2D eigenvalue weighted by molar-refractivity contribution is 9.10. The molecule has 0 atom stereocenters.